The standard InChI is InChI=1S/C11H17NO6/c1-11(2,3)18-10(16)12-7-5(8(13)14)6(7)9(15)17-4/h5-7H,1-4H3,(H,12,16)(H,13,14)/t5-,6+,7+/m1/s1. The first-order chi connectivity index (χ1) is 8.17. The van der Waals surface area contributed by atoms with E-state index in [0.29, 0.717) is 0 Å². The Kier molecular flexibility index (Phi) is 3.83. The number of carbonyl (C=O) groups is 3. The molecule has 1 saturated carbocycles. The summed E-state index contributed by atoms with van der Waals surface area (Å²) < 4.78 is 9.46. The molecule has 1 rings (SSSR count). The van der Waals surface area contributed by atoms with Crippen molar-refractivity contribution in [1.29, 1.82) is 0 Å². The Hall–Kier alpha value is -1.79. The van der Waals surface area contributed by atoms with E-state index in [-0.39, 0.29) is 0 Å². The third-order valence-corrected chi connectivity index (χ3v) is 2.46. The molecule has 0 heterocycles. The maximum absolute atomic E-state index is 11.5. The second kappa shape index (κ2) is 4.83. The predicted molar refractivity (Wildman–Crippen MR) is 59.8 cm³/mol. The number of nitrogens with one attached hydrogen (secondary N) is 1. The molecule has 0 saturated heterocycles. The number of esters is 1. The Morgan fingerprint density at radius 3 is 2.11 bits per heavy atom. The zero-order valence-corrected chi connectivity index (χ0v) is 10.7. The number of hydrogen-bond donors (Lipinski definition) is 2. The summed E-state index contributed by atoms with van der Waals surface area (Å²) in [7, 11) is 1.17. The molecule has 3 atom stereocenters. The van der Waals surface area contributed by atoms with E-state index >= 15 is 0 Å². The Morgan fingerprint density at radius 2 is 1.72 bits per heavy atom. The monoisotopic (exact) mass is 259 g/mol. The molecule has 7 nitrogen and oxygen atoms in total. The number of methoxy groups -OCH3 is 1. The molecule has 0 unspecified atom stereocenters. The minimum absolute atomic E-state index is 0.650. The average molecular weight is 259 g/mol. The van der Waals surface area contributed by atoms with E-state index in [1.165, 1.54) is 7.11 Å². The summed E-state index contributed by atoms with van der Waals surface area (Å²) in [5, 5.41) is 11.2. The van der Waals surface area contributed by atoms with Crippen LogP contribution in [0.2, 0.25) is 0 Å². The van der Waals surface area contributed by atoms with Crippen LogP contribution in [-0.4, -0.2) is 41.9 Å². The minimum atomic E-state index is -1.15. The van der Waals surface area contributed by atoms with Crippen molar-refractivity contribution in [3.05, 3.63) is 0 Å². The molecule has 0 radical (unpaired) electrons. The zero-order valence-electron chi connectivity index (χ0n) is 10.7. The minimum Gasteiger partial charge on any atom is -0.481 e. The van der Waals surface area contributed by atoms with Gasteiger partial charge in [0.05, 0.1) is 25.0 Å². The normalized spacial score (nSPS) is 26.1. The van der Waals surface area contributed by atoms with Crippen LogP contribution in [0.15, 0.2) is 0 Å². The maximum Gasteiger partial charge on any atom is 0.407 e. The van der Waals surface area contributed by atoms with Crippen molar-refractivity contribution in [2.24, 2.45) is 11.8 Å². The van der Waals surface area contributed by atoms with Crippen LogP contribution in [0.3, 0.4) is 0 Å². The van der Waals surface area contributed by atoms with Crippen LogP contribution in [0, 0.1) is 11.8 Å². The highest BCUT2D eigenvalue weighted by molar-refractivity contribution is 5.90. The largest absolute Gasteiger partial charge is 0.481 e. The summed E-state index contributed by atoms with van der Waals surface area (Å²) in [6.45, 7) is 5.06. The summed E-state index contributed by atoms with van der Waals surface area (Å²) in [6, 6.07) is -0.773. The number of carboxylic acids is 1. The number of amides is 1. The molecule has 18 heavy (non-hydrogen) atoms. The fraction of sp³-hybridized carbons (Fsp3) is 0.727. The first-order valence-corrected chi connectivity index (χ1v) is 5.47. The zero-order chi connectivity index (χ0) is 14.1. The topological polar surface area (TPSA) is 102 Å². The SMILES string of the molecule is COC(=O)[C@@H]1[C@@H](NC(=O)OC(C)(C)C)[C@@H]1C(=O)O. The van der Waals surface area contributed by atoms with E-state index in [1.54, 1.807) is 20.8 Å². The van der Waals surface area contributed by atoms with E-state index in [0.717, 1.165) is 0 Å². The number of aliphatic carboxylic acids is 1. The molecule has 0 aromatic carbocycles. The fourth-order valence-electron chi connectivity index (χ4n) is 1.67. The van der Waals surface area contributed by atoms with Crippen molar-refractivity contribution in [2.45, 2.75) is 32.4 Å². The lowest BCUT2D eigenvalue weighted by Crippen LogP contribution is -2.35. The van der Waals surface area contributed by atoms with Gasteiger partial charge in [0.25, 0.3) is 0 Å². The molecular weight excluding hydrogens is 242 g/mol. The number of ether oxygens (including phenoxy) is 2. The van der Waals surface area contributed by atoms with Gasteiger partial charge in [-0.2, -0.15) is 0 Å². The molecule has 1 aliphatic rings. The van der Waals surface area contributed by atoms with E-state index in [2.05, 4.69) is 10.1 Å². The van der Waals surface area contributed by atoms with Gasteiger partial charge >= 0.3 is 18.0 Å². The third-order valence-electron chi connectivity index (χ3n) is 2.46. The smallest absolute Gasteiger partial charge is 0.407 e. The Balaban J connectivity index is 2.59. The van der Waals surface area contributed by atoms with Crippen LogP contribution in [0.25, 0.3) is 0 Å². The van der Waals surface area contributed by atoms with Gasteiger partial charge in [0.15, 0.2) is 0 Å². The van der Waals surface area contributed by atoms with Crippen LogP contribution in [0.4, 0.5) is 4.79 Å². The summed E-state index contributed by atoms with van der Waals surface area (Å²) in [5.41, 5.74) is -0.682. The molecule has 2 N–H and O–H groups in total. The van der Waals surface area contributed by atoms with Crippen LogP contribution < -0.4 is 5.32 Å². The lowest BCUT2D eigenvalue weighted by Gasteiger charge is -2.19. The van der Waals surface area contributed by atoms with Crippen LogP contribution in [0.5, 0.6) is 0 Å². The highest BCUT2D eigenvalue weighted by Gasteiger charge is 2.61. The number of carbonyl (C=O) groups excluding carboxylic acids is 2. The van der Waals surface area contributed by atoms with Crippen LogP contribution in [0.1, 0.15) is 20.8 Å². The third kappa shape index (κ3) is 3.35. The molecule has 0 aromatic rings. The Labute approximate surface area is 104 Å². The predicted octanol–water partition coefficient (Wildman–Crippen LogP) is 0.383. The highest BCUT2D eigenvalue weighted by Crippen LogP contribution is 2.40. The Morgan fingerprint density at radius 1 is 1.17 bits per heavy atom. The number of carboxylic acid groups (broad SMARTS) is 1. The summed E-state index contributed by atoms with van der Waals surface area (Å²) >= 11 is 0. The summed E-state index contributed by atoms with van der Waals surface area (Å²) in [5.74, 6) is -3.60. The van der Waals surface area contributed by atoms with Gasteiger partial charge in [-0.3, -0.25) is 9.59 Å². The molecule has 1 amide bonds. The van der Waals surface area contributed by atoms with Gasteiger partial charge in [0.2, 0.25) is 0 Å². The second-order valence-corrected chi connectivity index (χ2v) is 5.08. The molecule has 1 aliphatic carbocycles. The molecule has 0 aliphatic heterocycles. The molecule has 102 valence electrons. The van der Waals surface area contributed by atoms with Crippen molar-refractivity contribution in [1.82, 2.24) is 5.32 Å². The number of rotatable bonds is 3. The molecule has 7 heteroatoms. The van der Waals surface area contributed by atoms with E-state index < -0.39 is 41.5 Å². The summed E-state index contributed by atoms with van der Waals surface area (Å²) in [4.78, 5) is 33.6. The van der Waals surface area contributed by atoms with E-state index in [4.69, 9.17) is 9.84 Å². The van der Waals surface area contributed by atoms with Gasteiger partial charge in [-0.15, -0.1) is 0 Å². The van der Waals surface area contributed by atoms with Crippen molar-refractivity contribution in [3.8, 4) is 0 Å². The van der Waals surface area contributed by atoms with Crippen molar-refractivity contribution in [2.75, 3.05) is 7.11 Å². The first-order valence-electron chi connectivity index (χ1n) is 5.47. The van der Waals surface area contributed by atoms with Crippen LogP contribution in [-0.2, 0) is 19.1 Å². The second-order valence-electron chi connectivity index (χ2n) is 5.08. The molecular formula is C11H17NO6. The van der Waals surface area contributed by atoms with Gasteiger partial charge in [-0.05, 0) is 20.8 Å². The molecule has 0 bridgehead atoms. The average Bonchev–Trinajstić information content (AvgIpc) is 2.87. The lowest BCUT2D eigenvalue weighted by molar-refractivity contribution is -0.146. The number of alkyl carbamates (subject to hydrolysis) is 1. The van der Waals surface area contributed by atoms with Crippen molar-refractivity contribution in [3.63, 3.8) is 0 Å². The van der Waals surface area contributed by atoms with E-state index in [9.17, 15) is 14.4 Å². The fourth-order valence-corrected chi connectivity index (χ4v) is 1.67. The quantitative estimate of drug-likeness (QED) is 0.710. The van der Waals surface area contributed by atoms with E-state index in [1.807, 2.05) is 0 Å². The highest BCUT2D eigenvalue weighted by atomic mass is 16.6. The molecule has 0 aromatic heterocycles. The number of hydrogen-bond acceptors (Lipinski definition) is 5. The first kappa shape index (κ1) is 14.3. The van der Waals surface area contributed by atoms with Gasteiger partial charge in [-0.25, -0.2) is 4.79 Å². The van der Waals surface area contributed by atoms with Gasteiger partial charge in [-0.1, -0.05) is 0 Å². The van der Waals surface area contributed by atoms with Crippen LogP contribution >= 0.6 is 0 Å². The van der Waals surface area contributed by atoms with Crippen molar-refractivity contribution < 1.29 is 29.0 Å². The lowest BCUT2D eigenvalue weighted by atomic mass is 10.2. The molecule has 1 fully saturated rings. The Bertz CT molecular complexity index is 372. The maximum atomic E-state index is 11.5. The summed E-state index contributed by atoms with van der Waals surface area (Å²) in [6.07, 6.45) is -0.745. The van der Waals surface area contributed by atoms with Gasteiger partial charge in [0.1, 0.15) is 5.60 Å². The van der Waals surface area contributed by atoms with Gasteiger partial charge in [0, 0.05) is 0 Å². The van der Waals surface area contributed by atoms with Crippen molar-refractivity contribution >= 4 is 18.0 Å². The molecule has 0 spiro atoms. The van der Waals surface area contributed by atoms with Gasteiger partial charge < -0.3 is 19.9 Å².